The first kappa shape index (κ1) is 29.6. The highest BCUT2D eigenvalue weighted by Crippen LogP contribution is 2.57. The minimum absolute atomic E-state index is 0.0937. The number of phenolic OH excluding ortho intramolecular Hbond substituents is 2. The van der Waals surface area contributed by atoms with Crippen LogP contribution in [0, 0.1) is 5.92 Å². The third-order valence-corrected chi connectivity index (χ3v) is 12.5. The van der Waals surface area contributed by atoms with E-state index in [4.69, 9.17) is 18.9 Å². The first-order chi connectivity index (χ1) is 21.4. The third kappa shape index (κ3) is 5.07. The molecule has 0 aromatic heterocycles. The predicted octanol–water partition coefficient (Wildman–Crippen LogP) is 7.52. The minimum Gasteiger partial charge on any atom is -0.508 e. The van der Waals surface area contributed by atoms with Gasteiger partial charge in [-0.15, -0.1) is 0 Å². The van der Waals surface area contributed by atoms with Gasteiger partial charge in [0.1, 0.15) is 23.4 Å². The quantitative estimate of drug-likeness (QED) is 0.199. The van der Waals surface area contributed by atoms with Crippen molar-refractivity contribution in [3.63, 3.8) is 0 Å². The van der Waals surface area contributed by atoms with Gasteiger partial charge < -0.3 is 34.3 Å². The standard InChI is InChI=1S/C35H38O7S2/c1-39-27-16-28-32-25-12-19(24-15-21(36)9-10-23(24)31(25)27)8-7-18-5-4-6-22(11-18)44-43-17-26(32)33(37)35(42-28)20-13-29(40-2)34(38)30(14-20)41-3/h4,6,9-10,13-16,18-19,22,26,33,35-38H,5,7-8,11-12,17H2,1-3H3/t18-,19+,22-,26+,33-,35+/m1/s1. The van der Waals surface area contributed by atoms with Gasteiger partial charge in [0.15, 0.2) is 17.6 Å². The van der Waals surface area contributed by atoms with Crippen LogP contribution >= 0.6 is 21.6 Å². The van der Waals surface area contributed by atoms with Crippen LogP contribution in [0.3, 0.4) is 0 Å². The SMILES string of the molecule is COc1cc([C@@H]2Oc3cc(OC)c4c5c3[C@H](CSS[C@@H]3C=CC[C@H](CC[C@@H](C5)c5cc(O)ccc5-4)C3)[C@H]2O)cc(OC)c1O. The highest BCUT2D eigenvalue weighted by Gasteiger charge is 2.43. The van der Waals surface area contributed by atoms with Gasteiger partial charge in [0.05, 0.1) is 21.3 Å². The molecule has 2 heterocycles. The lowest BCUT2D eigenvalue weighted by molar-refractivity contribution is 0.00421. The summed E-state index contributed by atoms with van der Waals surface area (Å²) in [5.41, 5.74) is 6.12. The fourth-order valence-electron chi connectivity index (χ4n) is 7.59. The molecule has 0 unspecified atom stereocenters. The smallest absolute Gasteiger partial charge is 0.200 e. The summed E-state index contributed by atoms with van der Waals surface area (Å²) >= 11 is 0. The molecule has 2 aliphatic heterocycles. The number of benzene rings is 3. The Balaban J connectivity index is 1.41. The van der Waals surface area contributed by atoms with E-state index >= 15 is 0 Å². The molecule has 0 spiro atoms. The maximum Gasteiger partial charge on any atom is 0.200 e. The zero-order valence-corrected chi connectivity index (χ0v) is 26.7. The van der Waals surface area contributed by atoms with Crippen molar-refractivity contribution in [3.8, 4) is 45.6 Å². The molecule has 232 valence electrons. The van der Waals surface area contributed by atoms with Crippen molar-refractivity contribution in [1.82, 2.24) is 0 Å². The summed E-state index contributed by atoms with van der Waals surface area (Å²) in [6.07, 6.45) is 8.29. The van der Waals surface area contributed by atoms with E-state index in [9.17, 15) is 15.3 Å². The molecule has 3 aromatic carbocycles. The molecule has 2 aliphatic carbocycles. The maximum absolute atomic E-state index is 12.2. The van der Waals surface area contributed by atoms with Crippen molar-refractivity contribution in [2.24, 2.45) is 5.92 Å². The third-order valence-electron chi connectivity index (χ3n) is 9.74. The van der Waals surface area contributed by atoms with Crippen LogP contribution in [0.2, 0.25) is 0 Å². The minimum atomic E-state index is -0.869. The Morgan fingerprint density at radius 3 is 2.45 bits per heavy atom. The Kier molecular flexibility index (Phi) is 8.05. The van der Waals surface area contributed by atoms with Crippen molar-refractivity contribution in [2.45, 2.75) is 61.4 Å². The Morgan fingerprint density at radius 1 is 0.932 bits per heavy atom. The number of methoxy groups -OCH3 is 3. The monoisotopic (exact) mass is 634 g/mol. The van der Waals surface area contributed by atoms with Crippen LogP contribution in [0.5, 0.6) is 34.5 Å². The van der Waals surface area contributed by atoms with Gasteiger partial charge in [-0.3, -0.25) is 0 Å². The fourth-order valence-corrected chi connectivity index (χ4v) is 10.5. The number of hydrogen-bond donors (Lipinski definition) is 3. The topological polar surface area (TPSA) is 97.6 Å². The molecule has 3 aromatic rings. The van der Waals surface area contributed by atoms with E-state index in [1.54, 1.807) is 25.3 Å². The van der Waals surface area contributed by atoms with Crippen molar-refractivity contribution in [3.05, 3.63) is 70.8 Å². The van der Waals surface area contributed by atoms with E-state index in [2.05, 4.69) is 12.2 Å². The summed E-state index contributed by atoms with van der Waals surface area (Å²) in [4.78, 5) is 0. The number of rotatable bonds is 4. The number of phenols is 2. The molecule has 0 saturated heterocycles. The largest absolute Gasteiger partial charge is 0.508 e. The van der Waals surface area contributed by atoms with Gasteiger partial charge in [-0.25, -0.2) is 0 Å². The lowest BCUT2D eigenvalue weighted by Gasteiger charge is -2.41. The van der Waals surface area contributed by atoms with Gasteiger partial charge in [-0.05, 0) is 84.9 Å². The zero-order valence-electron chi connectivity index (χ0n) is 25.1. The molecular formula is C35H38O7S2. The van der Waals surface area contributed by atoms with Crippen LogP contribution in [0.15, 0.2) is 48.6 Å². The molecule has 44 heavy (non-hydrogen) atoms. The average molecular weight is 635 g/mol. The van der Waals surface area contributed by atoms with Crippen molar-refractivity contribution >= 4 is 21.6 Å². The molecule has 7 rings (SSSR count). The number of allylic oxidation sites excluding steroid dienone is 1. The molecule has 3 N–H and O–H groups in total. The van der Waals surface area contributed by atoms with Gasteiger partial charge in [-0.1, -0.05) is 39.8 Å². The van der Waals surface area contributed by atoms with E-state index in [0.29, 0.717) is 34.0 Å². The van der Waals surface area contributed by atoms with Crippen LogP contribution in [0.25, 0.3) is 11.1 Å². The molecule has 0 fully saturated rings. The van der Waals surface area contributed by atoms with Crippen LogP contribution in [-0.4, -0.2) is 53.8 Å². The molecule has 4 aliphatic rings. The van der Waals surface area contributed by atoms with Gasteiger partial charge in [-0.2, -0.15) is 0 Å². The number of aliphatic hydroxyl groups is 1. The lowest BCUT2D eigenvalue weighted by Crippen LogP contribution is -2.37. The second kappa shape index (κ2) is 12.0. The molecule has 0 saturated carbocycles. The van der Waals surface area contributed by atoms with Gasteiger partial charge >= 0.3 is 0 Å². The van der Waals surface area contributed by atoms with E-state index < -0.39 is 12.2 Å². The lowest BCUT2D eigenvalue weighted by atomic mass is 9.71. The van der Waals surface area contributed by atoms with E-state index in [1.165, 1.54) is 14.2 Å². The van der Waals surface area contributed by atoms with E-state index in [0.717, 1.165) is 59.9 Å². The Hall–Kier alpha value is -3.14. The van der Waals surface area contributed by atoms with Crippen LogP contribution in [0.4, 0.5) is 0 Å². The number of hydrogen-bond acceptors (Lipinski definition) is 9. The number of aliphatic hydroxyl groups excluding tert-OH is 1. The van der Waals surface area contributed by atoms with Crippen molar-refractivity contribution < 1.29 is 34.3 Å². The van der Waals surface area contributed by atoms with Gasteiger partial charge in [0.25, 0.3) is 0 Å². The summed E-state index contributed by atoms with van der Waals surface area (Å²) < 4.78 is 23.6. The maximum atomic E-state index is 12.2. The van der Waals surface area contributed by atoms with E-state index in [-0.39, 0.29) is 34.8 Å². The number of fused-ring (bicyclic) bond motifs is 6. The van der Waals surface area contributed by atoms with Crippen molar-refractivity contribution in [1.29, 1.82) is 0 Å². The molecule has 4 bridgehead atoms. The summed E-state index contributed by atoms with van der Waals surface area (Å²) in [5, 5.41) is 33.7. The van der Waals surface area contributed by atoms with Crippen LogP contribution < -0.4 is 18.9 Å². The second-order valence-corrected chi connectivity index (χ2v) is 14.8. The molecular weight excluding hydrogens is 597 g/mol. The number of aromatic hydroxyl groups is 2. The molecule has 6 atom stereocenters. The second-order valence-electron chi connectivity index (χ2n) is 12.2. The van der Waals surface area contributed by atoms with Crippen LogP contribution in [-0.2, 0) is 6.42 Å². The summed E-state index contributed by atoms with van der Waals surface area (Å²) in [7, 11) is 8.38. The summed E-state index contributed by atoms with van der Waals surface area (Å²) in [5.74, 6) is 3.44. The van der Waals surface area contributed by atoms with Gasteiger partial charge in [0, 0.05) is 39.7 Å². The zero-order chi connectivity index (χ0) is 30.5. The molecule has 7 nitrogen and oxygen atoms in total. The number of ether oxygens (including phenoxy) is 4. The van der Waals surface area contributed by atoms with Gasteiger partial charge in [0.2, 0.25) is 5.75 Å². The molecule has 0 radical (unpaired) electrons. The summed E-state index contributed by atoms with van der Waals surface area (Å²) in [6.45, 7) is 0. The Bertz CT molecular complexity index is 1580. The predicted molar refractivity (Wildman–Crippen MR) is 175 cm³/mol. The van der Waals surface area contributed by atoms with E-state index in [1.807, 2.05) is 39.8 Å². The fraction of sp³-hybridized carbons (Fsp3) is 0.429. The highest BCUT2D eigenvalue weighted by molar-refractivity contribution is 8.77. The normalized spacial score (nSPS) is 27.1. The molecule has 9 heteroatoms. The summed E-state index contributed by atoms with van der Waals surface area (Å²) in [6, 6.07) is 11.1. The average Bonchev–Trinajstić information content (AvgIpc) is 3.04. The highest BCUT2D eigenvalue weighted by atomic mass is 33.1. The first-order valence-corrected chi connectivity index (χ1v) is 17.6. The Morgan fingerprint density at radius 2 is 1.70 bits per heavy atom. The van der Waals surface area contributed by atoms with Crippen molar-refractivity contribution in [2.75, 3.05) is 27.1 Å². The Labute approximate surface area is 266 Å². The molecule has 0 amide bonds. The van der Waals surface area contributed by atoms with Crippen LogP contribution in [0.1, 0.15) is 65.9 Å². The first-order valence-electron chi connectivity index (χ1n) is 15.2.